The number of benzene rings is 4. The van der Waals surface area contributed by atoms with E-state index < -0.39 is 0 Å². The lowest BCUT2D eigenvalue weighted by Crippen LogP contribution is -1.82. The summed E-state index contributed by atoms with van der Waals surface area (Å²) < 4.78 is 2.94. The Kier molecular flexibility index (Phi) is 10.1. The van der Waals surface area contributed by atoms with Crippen LogP contribution in [-0.2, 0) is 12.8 Å². The predicted molar refractivity (Wildman–Crippen MR) is 193 cm³/mol. The number of hydrogen-bond acceptors (Lipinski definition) is 2. The molecule has 0 aliphatic rings. The van der Waals surface area contributed by atoms with Crippen LogP contribution in [0.15, 0.2) is 60.7 Å². The maximum Gasteiger partial charge on any atom is 0.0424 e. The Bertz CT molecular complexity index is 1630. The Balaban J connectivity index is 1.21. The maximum atomic E-state index is 2.46. The van der Waals surface area contributed by atoms with Crippen LogP contribution in [0.25, 0.3) is 52.5 Å². The lowest BCUT2D eigenvalue weighted by atomic mass is 9.96. The van der Waals surface area contributed by atoms with Crippen LogP contribution in [0.5, 0.6) is 0 Å². The third-order valence-electron chi connectivity index (χ3n) is 9.31. The van der Waals surface area contributed by atoms with Gasteiger partial charge in [-0.2, -0.15) is 0 Å². The Morgan fingerprint density at radius 2 is 0.714 bits per heavy atom. The highest BCUT2D eigenvalue weighted by Gasteiger charge is 2.12. The molecule has 0 radical (unpaired) electrons. The second-order valence-electron chi connectivity index (χ2n) is 12.6. The van der Waals surface area contributed by atoms with Gasteiger partial charge in [0.15, 0.2) is 0 Å². The molecule has 0 fully saturated rings. The molecule has 4 aromatic carbocycles. The SMILES string of the molecule is CCCCCCCCCc1cc2ccc3c4ccc5c(ccc6cc(CCCCCCCCC)sc65)c4ccc3c2s1. The number of thiophene rings is 2. The van der Waals surface area contributed by atoms with Crippen LogP contribution < -0.4 is 0 Å². The molecule has 0 aliphatic carbocycles. The molecule has 6 rings (SSSR count). The summed E-state index contributed by atoms with van der Waals surface area (Å²) >= 11 is 4.06. The van der Waals surface area contributed by atoms with E-state index in [2.05, 4.69) is 74.5 Å². The topological polar surface area (TPSA) is 0 Å². The molecule has 0 unspecified atom stereocenters. The van der Waals surface area contributed by atoms with Gasteiger partial charge in [0, 0.05) is 29.9 Å². The molecule has 0 saturated heterocycles. The molecule has 0 aliphatic heterocycles. The second kappa shape index (κ2) is 14.4. The fourth-order valence-corrected chi connectivity index (χ4v) is 9.35. The van der Waals surface area contributed by atoms with E-state index in [1.165, 1.54) is 155 Å². The predicted octanol–water partition coefficient (Wildman–Crippen LogP) is 14.2. The first-order valence-corrected chi connectivity index (χ1v) is 18.6. The van der Waals surface area contributed by atoms with Gasteiger partial charge in [0.25, 0.3) is 0 Å². The van der Waals surface area contributed by atoms with E-state index in [-0.39, 0.29) is 0 Å². The van der Waals surface area contributed by atoms with Crippen LogP contribution >= 0.6 is 22.7 Å². The third kappa shape index (κ3) is 6.56. The monoisotopic (exact) mass is 592 g/mol. The zero-order valence-corrected chi connectivity index (χ0v) is 27.5. The first kappa shape index (κ1) is 29.6. The second-order valence-corrected chi connectivity index (χ2v) is 14.8. The van der Waals surface area contributed by atoms with Crippen molar-refractivity contribution in [2.45, 2.75) is 117 Å². The Morgan fingerprint density at radius 1 is 0.381 bits per heavy atom. The van der Waals surface area contributed by atoms with Gasteiger partial charge in [0.1, 0.15) is 0 Å². The standard InChI is InChI=1S/C40H48S2/c1-3-5-7-9-11-13-15-17-31-27-29-19-21-35-33-24-26-38-36(34(33)23-25-37(35)39(29)41-31)22-20-30-28-32(42-40(30)38)18-16-14-12-10-8-6-4-2/h19-28H,3-18H2,1-2H3. The molecule has 6 aromatic rings. The van der Waals surface area contributed by atoms with E-state index in [9.17, 15) is 0 Å². The quantitative estimate of drug-likeness (QED) is 0.0774. The highest BCUT2D eigenvalue weighted by atomic mass is 32.1. The van der Waals surface area contributed by atoms with Crippen LogP contribution in [0.2, 0.25) is 0 Å². The van der Waals surface area contributed by atoms with E-state index in [4.69, 9.17) is 0 Å². The molecule has 0 atom stereocenters. The summed E-state index contributed by atoms with van der Waals surface area (Å²) in [4.78, 5) is 3.11. The average molecular weight is 593 g/mol. The van der Waals surface area contributed by atoms with Crippen LogP contribution in [0.3, 0.4) is 0 Å². The molecule has 0 N–H and O–H groups in total. The number of aryl methyl sites for hydroxylation is 2. The Hall–Kier alpha value is -2.42. The molecule has 2 heterocycles. The summed E-state index contributed by atoms with van der Waals surface area (Å²) in [5, 5.41) is 11.3. The van der Waals surface area contributed by atoms with Gasteiger partial charge in [-0.15, -0.1) is 22.7 Å². The van der Waals surface area contributed by atoms with Gasteiger partial charge in [-0.25, -0.2) is 0 Å². The summed E-state index contributed by atoms with van der Waals surface area (Å²) in [6, 6.07) is 24.0. The highest BCUT2D eigenvalue weighted by molar-refractivity contribution is 7.20. The molecule has 2 aromatic heterocycles. The van der Waals surface area contributed by atoms with E-state index in [1.807, 2.05) is 22.7 Å². The largest absolute Gasteiger partial charge is 0.140 e. The van der Waals surface area contributed by atoms with E-state index in [0.717, 1.165) is 0 Å². The van der Waals surface area contributed by atoms with Crippen molar-refractivity contribution >= 4 is 75.2 Å². The van der Waals surface area contributed by atoms with Crippen molar-refractivity contribution in [2.24, 2.45) is 0 Å². The average Bonchev–Trinajstić information content (AvgIpc) is 3.63. The van der Waals surface area contributed by atoms with E-state index >= 15 is 0 Å². The van der Waals surface area contributed by atoms with Gasteiger partial charge in [-0.1, -0.05) is 139 Å². The van der Waals surface area contributed by atoms with Crippen LogP contribution in [-0.4, -0.2) is 0 Å². The van der Waals surface area contributed by atoms with Gasteiger partial charge in [0.2, 0.25) is 0 Å². The first-order chi connectivity index (χ1) is 20.8. The van der Waals surface area contributed by atoms with Crippen molar-refractivity contribution in [3.8, 4) is 0 Å². The fraction of sp³-hybridized carbons (Fsp3) is 0.450. The smallest absolute Gasteiger partial charge is 0.0424 e. The normalized spacial score (nSPS) is 12.1. The van der Waals surface area contributed by atoms with E-state index in [1.54, 1.807) is 9.75 Å². The minimum atomic E-state index is 1.23. The third-order valence-corrected chi connectivity index (χ3v) is 11.8. The molecule has 220 valence electrons. The molecule has 0 spiro atoms. The zero-order chi connectivity index (χ0) is 28.7. The van der Waals surface area contributed by atoms with Crippen molar-refractivity contribution in [1.82, 2.24) is 0 Å². The molecule has 0 nitrogen and oxygen atoms in total. The lowest BCUT2D eigenvalue weighted by molar-refractivity contribution is 0.590. The molecule has 0 saturated carbocycles. The van der Waals surface area contributed by atoms with Gasteiger partial charge < -0.3 is 0 Å². The molecule has 0 amide bonds. The summed E-state index contributed by atoms with van der Waals surface area (Å²) in [6.07, 6.45) is 21.7. The van der Waals surface area contributed by atoms with Gasteiger partial charge >= 0.3 is 0 Å². The summed E-state index contributed by atoms with van der Waals surface area (Å²) in [7, 11) is 0. The lowest BCUT2D eigenvalue weighted by Gasteiger charge is -2.09. The summed E-state index contributed by atoms with van der Waals surface area (Å²) in [5.41, 5.74) is 0. The van der Waals surface area contributed by atoms with Crippen LogP contribution in [0.1, 0.15) is 113 Å². The molecule has 0 bridgehead atoms. The zero-order valence-electron chi connectivity index (χ0n) is 25.9. The number of rotatable bonds is 16. The van der Waals surface area contributed by atoms with Gasteiger partial charge in [0.05, 0.1) is 0 Å². The van der Waals surface area contributed by atoms with Crippen molar-refractivity contribution in [2.75, 3.05) is 0 Å². The minimum absolute atomic E-state index is 1.23. The van der Waals surface area contributed by atoms with Crippen molar-refractivity contribution in [3.05, 3.63) is 70.4 Å². The number of hydrogen-bond donors (Lipinski definition) is 0. The van der Waals surface area contributed by atoms with Crippen molar-refractivity contribution in [1.29, 1.82) is 0 Å². The Morgan fingerprint density at radius 3 is 1.14 bits per heavy atom. The molecular formula is C40H48S2. The number of fused-ring (bicyclic) bond motifs is 9. The fourth-order valence-electron chi connectivity index (χ4n) is 6.90. The Labute approximate surface area is 261 Å². The molecule has 42 heavy (non-hydrogen) atoms. The highest BCUT2D eigenvalue weighted by Crippen LogP contribution is 2.41. The van der Waals surface area contributed by atoms with Gasteiger partial charge in [-0.3, -0.25) is 0 Å². The minimum Gasteiger partial charge on any atom is -0.140 e. The van der Waals surface area contributed by atoms with Crippen LogP contribution in [0, 0.1) is 0 Å². The van der Waals surface area contributed by atoms with E-state index in [0.29, 0.717) is 0 Å². The maximum absolute atomic E-state index is 2.46. The van der Waals surface area contributed by atoms with Gasteiger partial charge in [-0.05, 0) is 70.1 Å². The molecular weight excluding hydrogens is 545 g/mol. The van der Waals surface area contributed by atoms with Crippen LogP contribution in [0.4, 0.5) is 0 Å². The van der Waals surface area contributed by atoms with Crippen molar-refractivity contribution in [3.63, 3.8) is 0 Å². The summed E-state index contributed by atoms with van der Waals surface area (Å²) in [5.74, 6) is 0. The van der Waals surface area contributed by atoms with Crippen molar-refractivity contribution < 1.29 is 0 Å². The molecule has 2 heteroatoms. The summed E-state index contributed by atoms with van der Waals surface area (Å²) in [6.45, 7) is 4.59. The number of unbranched alkanes of at least 4 members (excludes halogenated alkanes) is 12. The first-order valence-electron chi connectivity index (χ1n) is 17.0.